The number of benzene rings is 1. The van der Waals surface area contributed by atoms with Crippen molar-refractivity contribution >= 4 is 5.69 Å². The van der Waals surface area contributed by atoms with Crippen LogP contribution in [0.1, 0.15) is 18.4 Å². The van der Waals surface area contributed by atoms with Crippen LogP contribution in [0.25, 0.3) is 0 Å². The van der Waals surface area contributed by atoms with Gasteiger partial charge >= 0.3 is 0 Å². The summed E-state index contributed by atoms with van der Waals surface area (Å²) in [7, 11) is 0. The predicted molar refractivity (Wildman–Crippen MR) is 52.4 cm³/mol. The lowest BCUT2D eigenvalue weighted by molar-refractivity contribution is 0.303. The van der Waals surface area contributed by atoms with Crippen molar-refractivity contribution in [1.29, 1.82) is 0 Å². The van der Waals surface area contributed by atoms with E-state index in [0.717, 1.165) is 29.8 Å². The third-order valence-electron chi connectivity index (χ3n) is 2.05. The van der Waals surface area contributed by atoms with E-state index in [4.69, 9.17) is 16.2 Å². The fourth-order valence-corrected chi connectivity index (χ4v) is 1.25. The van der Waals surface area contributed by atoms with E-state index >= 15 is 0 Å². The Balaban J connectivity index is 2.17. The molecule has 0 saturated heterocycles. The van der Waals surface area contributed by atoms with Crippen LogP contribution in [0.15, 0.2) is 18.2 Å². The van der Waals surface area contributed by atoms with Crippen LogP contribution in [0.5, 0.6) is 5.75 Å². The second-order valence-electron chi connectivity index (χ2n) is 3.43. The quantitative estimate of drug-likeness (QED) is 0.685. The van der Waals surface area contributed by atoms with Crippen molar-refractivity contribution in [2.75, 3.05) is 5.73 Å². The molecule has 4 N–H and O–H groups in total. The number of nitrogen functional groups attached to an aromatic ring is 1. The lowest BCUT2D eigenvalue weighted by atomic mass is 10.2. The molecule has 1 aromatic carbocycles. The Hall–Kier alpha value is -1.22. The van der Waals surface area contributed by atoms with Gasteiger partial charge in [-0.3, -0.25) is 0 Å². The summed E-state index contributed by atoms with van der Waals surface area (Å²) in [5.41, 5.74) is 13.0. The highest BCUT2D eigenvalue weighted by atomic mass is 16.5. The van der Waals surface area contributed by atoms with Gasteiger partial charge in [0.15, 0.2) is 0 Å². The molecule has 3 nitrogen and oxygen atoms in total. The molecule has 0 atom stereocenters. The molecule has 0 radical (unpaired) electrons. The minimum atomic E-state index is 0.410. The maximum atomic E-state index is 5.70. The maximum absolute atomic E-state index is 5.70. The number of nitrogens with two attached hydrogens (primary N) is 2. The Bertz CT molecular complexity index is 308. The number of ether oxygens (including phenoxy) is 1. The summed E-state index contributed by atoms with van der Waals surface area (Å²) >= 11 is 0. The molecule has 1 aromatic rings. The van der Waals surface area contributed by atoms with Crippen molar-refractivity contribution in [3.05, 3.63) is 23.8 Å². The molecule has 3 heteroatoms. The van der Waals surface area contributed by atoms with E-state index in [2.05, 4.69) is 0 Å². The first-order valence-corrected chi connectivity index (χ1v) is 4.54. The van der Waals surface area contributed by atoms with Crippen LogP contribution < -0.4 is 16.2 Å². The Kier molecular flexibility index (Phi) is 2.10. The molecular weight excluding hydrogens is 164 g/mol. The standard InChI is InChI=1S/C10H14N2O/c11-6-7-3-8(12)5-10(4-7)13-9-1-2-9/h3-5,9H,1-2,6,11-12H2. The van der Waals surface area contributed by atoms with E-state index in [1.807, 2.05) is 18.2 Å². The van der Waals surface area contributed by atoms with E-state index in [0.29, 0.717) is 12.6 Å². The van der Waals surface area contributed by atoms with Gasteiger partial charge in [-0.15, -0.1) is 0 Å². The van der Waals surface area contributed by atoms with Gasteiger partial charge in [0.2, 0.25) is 0 Å². The van der Waals surface area contributed by atoms with Crippen molar-refractivity contribution < 1.29 is 4.74 Å². The molecule has 0 bridgehead atoms. The average Bonchev–Trinajstić information content (AvgIpc) is 2.87. The van der Waals surface area contributed by atoms with Gasteiger partial charge in [-0.1, -0.05) is 0 Å². The minimum absolute atomic E-state index is 0.410. The highest BCUT2D eigenvalue weighted by Crippen LogP contribution is 2.28. The topological polar surface area (TPSA) is 61.3 Å². The third-order valence-corrected chi connectivity index (χ3v) is 2.05. The smallest absolute Gasteiger partial charge is 0.122 e. The lowest BCUT2D eigenvalue weighted by Crippen LogP contribution is -2.01. The molecule has 70 valence electrons. The Morgan fingerprint density at radius 2 is 2.08 bits per heavy atom. The van der Waals surface area contributed by atoms with Crippen LogP contribution in [0.4, 0.5) is 5.69 Å². The van der Waals surface area contributed by atoms with Crippen LogP contribution in [0, 0.1) is 0 Å². The van der Waals surface area contributed by atoms with Crippen LogP contribution >= 0.6 is 0 Å². The highest BCUT2D eigenvalue weighted by molar-refractivity contribution is 5.47. The normalized spacial score (nSPS) is 15.8. The Labute approximate surface area is 77.7 Å². The molecule has 1 aliphatic carbocycles. The Morgan fingerprint density at radius 3 is 2.69 bits per heavy atom. The summed E-state index contributed by atoms with van der Waals surface area (Å²) in [5, 5.41) is 0. The lowest BCUT2D eigenvalue weighted by Gasteiger charge is -2.07. The predicted octanol–water partition coefficient (Wildman–Crippen LogP) is 1.27. The Morgan fingerprint density at radius 1 is 1.31 bits per heavy atom. The second-order valence-corrected chi connectivity index (χ2v) is 3.43. The first-order chi connectivity index (χ1) is 6.28. The number of rotatable bonds is 3. The highest BCUT2D eigenvalue weighted by Gasteiger charge is 2.23. The monoisotopic (exact) mass is 178 g/mol. The van der Waals surface area contributed by atoms with Crippen LogP contribution in [-0.2, 0) is 6.54 Å². The average molecular weight is 178 g/mol. The van der Waals surface area contributed by atoms with Gasteiger partial charge in [0, 0.05) is 18.3 Å². The molecule has 13 heavy (non-hydrogen) atoms. The molecule has 0 aliphatic heterocycles. The zero-order valence-electron chi connectivity index (χ0n) is 7.49. The molecule has 1 aliphatic rings. The van der Waals surface area contributed by atoms with Crippen molar-refractivity contribution in [3.63, 3.8) is 0 Å². The summed E-state index contributed by atoms with van der Waals surface area (Å²) < 4.78 is 5.61. The molecule has 1 saturated carbocycles. The second kappa shape index (κ2) is 3.26. The maximum Gasteiger partial charge on any atom is 0.122 e. The van der Waals surface area contributed by atoms with E-state index in [9.17, 15) is 0 Å². The number of anilines is 1. The minimum Gasteiger partial charge on any atom is -0.490 e. The summed E-state index contributed by atoms with van der Waals surface area (Å²) in [6.07, 6.45) is 2.73. The van der Waals surface area contributed by atoms with Crippen molar-refractivity contribution in [2.24, 2.45) is 5.73 Å². The molecule has 0 aromatic heterocycles. The molecule has 2 rings (SSSR count). The molecule has 0 amide bonds. The first-order valence-electron chi connectivity index (χ1n) is 4.54. The summed E-state index contributed by atoms with van der Waals surface area (Å²) in [5.74, 6) is 0.850. The molecule has 0 heterocycles. The largest absolute Gasteiger partial charge is 0.490 e. The van der Waals surface area contributed by atoms with Crippen LogP contribution in [0.3, 0.4) is 0 Å². The van der Waals surface area contributed by atoms with Gasteiger partial charge in [-0.2, -0.15) is 0 Å². The van der Waals surface area contributed by atoms with Gasteiger partial charge in [-0.25, -0.2) is 0 Å². The molecular formula is C10H14N2O. The van der Waals surface area contributed by atoms with Gasteiger partial charge < -0.3 is 16.2 Å². The fraction of sp³-hybridized carbons (Fsp3) is 0.400. The molecule has 0 unspecified atom stereocenters. The summed E-state index contributed by atoms with van der Waals surface area (Å²) in [6.45, 7) is 0.506. The van der Waals surface area contributed by atoms with Gasteiger partial charge in [0.25, 0.3) is 0 Å². The molecule has 0 spiro atoms. The summed E-state index contributed by atoms with van der Waals surface area (Å²) in [6, 6.07) is 5.67. The van der Waals surface area contributed by atoms with Gasteiger partial charge in [0.05, 0.1) is 6.10 Å². The SMILES string of the molecule is NCc1cc(N)cc(OC2CC2)c1. The van der Waals surface area contributed by atoms with E-state index in [1.165, 1.54) is 0 Å². The van der Waals surface area contributed by atoms with Gasteiger partial charge in [0.1, 0.15) is 5.75 Å². The van der Waals surface area contributed by atoms with Crippen molar-refractivity contribution in [1.82, 2.24) is 0 Å². The van der Waals surface area contributed by atoms with Gasteiger partial charge in [-0.05, 0) is 30.5 Å². The van der Waals surface area contributed by atoms with E-state index in [1.54, 1.807) is 0 Å². The summed E-state index contributed by atoms with van der Waals surface area (Å²) in [4.78, 5) is 0. The fourth-order valence-electron chi connectivity index (χ4n) is 1.25. The van der Waals surface area contributed by atoms with Crippen molar-refractivity contribution in [2.45, 2.75) is 25.5 Å². The first kappa shape index (κ1) is 8.38. The van der Waals surface area contributed by atoms with Crippen molar-refractivity contribution in [3.8, 4) is 5.75 Å². The third kappa shape index (κ3) is 2.12. The van der Waals surface area contributed by atoms with Crippen LogP contribution in [0.2, 0.25) is 0 Å². The molecule has 1 fully saturated rings. The van der Waals surface area contributed by atoms with E-state index < -0.39 is 0 Å². The zero-order valence-corrected chi connectivity index (χ0v) is 7.49. The van der Waals surface area contributed by atoms with E-state index in [-0.39, 0.29) is 0 Å². The zero-order chi connectivity index (χ0) is 9.26. The van der Waals surface area contributed by atoms with Crippen LogP contribution in [-0.4, -0.2) is 6.10 Å². The number of hydrogen-bond acceptors (Lipinski definition) is 3. The number of hydrogen-bond donors (Lipinski definition) is 2.